The van der Waals surface area contributed by atoms with Gasteiger partial charge in [0.15, 0.2) is 5.76 Å². The van der Waals surface area contributed by atoms with E-state index in [9.17, 15) is 4.79 Å². The molecule has 0 unspecified atom stereocenters. The molecular weight excluding hydrogens is 304 g/mol. The van der Waals surface area contributed by atoms with Crippen molar-refractivity contribution in [2.24, 2.45) is 0 Å². The summed E-state index contributed by atoms with van der Waals surface area (Å²) in [6.07, 6.45) is 6.89. The number of piperidine rings is 1. The zero-order valence-corrected chi connectivity index (χ0v) is 13.2. The van der Waals surface area contributed by atoms with E-state index in [1.807, 2.05) is 52.2 Å². The number of hydrogen-bond donors (Lipinski definition) is 0. The van der Waals surface area contributed by atoms with Crippen LogP contribution in [0.15, 0.2) is 59.5 Å². The van der Waals surface area contributed by atoms with Crippen molar-refractivity contribution in [1.29, 1.82) is 0 Å². The van der Waals surface area contributed by atoms with Crippen LogP contribution >= 0.6 is 0 Å². The largest absolute Gasteiger partial charge is 0.459 e. The highest BCUT2D eigenvalue weighted by molar-refractivity contribution is 5.98. The second-order valence-electron chi connectivity index (χ2n) is 5.94. The van der Waals surface area contributed by atoms with Gasteiger partial charge in [-0.1, -0.05) is 35.5 Å². The van der Waals surface area contributed by atoms with Gasteiger partial charge in [0.1, 0.15) is 0 Å². The average Bonchev–Trinajstić information content (AvgIpc) is 3.34. The molecule has 1 amide bonds. The number of carbonyl (C=O) groups excluding carboxylic acids is 1. The molecule has 1 aromatic carbocycles. The lowest BCUT2D eigenvalue weighted by Gasteiger charge is -2.31. The minimum absolute atomic E-state index is 0.0455. The van der Waals surface area contributed by atoms with E-state index in [0.717, 1.165) is 24.0 Å². The quantitative estimate of drug-likeness (QED) is 0.743. The van der Waals surface area contributed by atoms with E-state index in [2.05, 4.69) is 10.3 Å². The molecule has 2 aromatic heterocycles. The number of carbonyl (C=O) groups is 1. The van der Waals surface area contributed by atoms with E-state index in [1.165, 1.54) is 0 Å². The first-order chi connectivity index (χ1) is 11.8. The standard InChI is InChI=1S/C18H18N4O2/c23-18(17-16(8-13-24-17)14-4-2-1-3-5-14)21-10-6-15(7-11-21)22-12-9-19-20-22/h1-5,8-9,12-13,15H,6-7,10-11H2. The monoisotopic (exact) mass is 322 g/mol. The Labute approximate surface area is 139 Å². The summed E-state index contributed by atoms with van der Waals surface area (Å²) in [5.41, 5.74) is 1.84. The maximum atomic E-state index is 12.8. The van der Waals surface area contributed by atoms with E-state index < -0.39 is 0 Å². The smallest absolute Gasteiger partial charge is 0.290 e. The Morgan fingerprint density at radius 2 is 1.92 bits per heavy atom. The van der Waals surface area contributed by atoms with E-state index in [0.29, 0.717) is 24.9 Å². The van der Waals surface area contributed by atoms with Gasteiger partial charge in [-0.25, -0.2) is 4.68 Å². The number of benzene rings is 1. The summed E-state index contributed by atoms with van der Waals surface area (Å²) in [5.74, 6) is 0.372. The Balaban J connectivity index is 1.49. The number of aromatic nitrogens is 3. The molecular formula is C18H18N4O2. The van der Waals surface area contributed by atoms with Crippen molar-refractivity contribution in [3.8, 4) is 11.1 Å². The van der Waals surface area contributed by atoms with Crippen LogP contribution in [0.4, 0.5) is 0 Å². The predicted molar refractivity (Wildman–Crippen MR) is 88.3 cm³/mol. The second kappa shape index (κ2) is 6.31. The molecule has 3 aromatic rings. The van der Waals surface area contributed by atoms with Crippen LogP contribution in [0.3, 0.4) is 0 Å². The maximum Gasteiger partial charge on any atom is 0.290 e. The summed E-state index contributed by atoms with van der Waals surface area (Å²) in [6, 6.07) is 12.0. The third-order valence-corrected chi connectivity index (χ3v) is 4.51. The molecule has 1 fully saturated rings. The fraction of sp³-hybridized carbons (Fsp3) is 0.278. The fourth-order valence-corrected chi connectivity index (χ4v) is 3.21. The minimum Gasteiger partial charge on any atom is -0.459 e. The molecule has 1 saturated heterocycles. The topological polar surface area (TPSA) is 64.2 Å². The van der Waals surface area contributed by atoms with Crippen LogP contribution in [-0.4, -0.2) is 38.9 Å². The first-order valence-electron chi connectivity index (χ1n) is 8.11. The lowest BCUT2D eigenvalue weighted by molar-refractivity contribution is 0.0658. The zero-order chi connectivity index (χ0) is 16.4. The van der Waals surface area contributed by atoms with Gasteiger partial charge in [-0.15, -0.1) is 5.10 Å². The highest BCUT2D eigenvalue weighted by Gasteiger charge is 2.28. The van der Waals surface area contributed by atoms with Crippen LogP contribution in [0.5, 0.6) is 0 Å². The van der Waals surface area contributed by atoms with Crippen molar-refractivity contribution in [1.82, 2.24) is 19.9 Å². The molecule has 122 valence electrons. The van der Waals surface area contributed by atoms with Gasteiger partial charge >= 0.3 is 0 Å². The van der Waals surface area contributed by atoms with Gasteiger partial charge in [0.05, 0.1) is 18.5 Å². The Hall–Kier alpha value is -2.89. The van der Waals surface area contributed by atoms with Crippen LogP contribution in [-0.2, 0) is 0 Å². The van der Waals surface area contributed by atoms with Gasteiger partial charge in [-0.2, -0.15) is 0 Å². The molecule has 0 bridgehead atoms. The van der Waals surface area contributed by atoms with E-state index in [1.54, 1.807) is 12.5 Å². The van der Waals surface area contributed by atoms with Crippen molar-refractivity contribution >= 4 is 5.91 Å². The first-order valence-corrected chi connectivity index (χ1v) is 8.11. The van der Waals surface area contributed by atoms with E-state index >= 15 is 0 Å². The Morgan fingerprint density at radius 1 is 1.12 bits per heavy atom. The van der Waals surface area contributed by atoms with Gasteiger partial charge in [0, 0.05) is 24.8 Å². The molecule has 4 rings (SSSR count). The van der Waals surface area contributed by atoms with E-state index in [-0.39, 0.29) is 5.91 Å². The van der Waals surface area contributed by atoms with Crippen LogP contribution in [0.2, 0.25) is 0 Å². The molecule has 6 nitrogen and oxygen atoms in total. The highest BCUT2D eigenvalue weighted by atomic mass is 16.3. The second-order valence-corrected chi connectivity index (χ2v) is 5.94. The SMILES string of the molecule is O=C(c1occc1-c1ccccc1)N1CCC(n2ccnn2)CC1. The molecule has 1 aliphatic rings. The average molecular weight is 322 g/mol. The third kappa shape index (κ3) is 2.71. The summed E-state index contributed by atoms with van der Waals surface area (Å²) in [5, 5.41) is 7.91. The maximum absolute atomic E-state index is 12.8. The Bertz CT molecular complexity index is 803. The Morgan fingerprint density at radius 3 is 2.62 bits per heavy atom. The number of nitrogens with zero attached hydrogens (tertiary/aromatic N) is 4. The van der Waals surface area contributed by atoms with Crippen LogP contribution in [0, 0.1) is 0 Å². The van der Waals surface area contributed by atoms with Crippen molar-refractivity contribution < 1.29 is 9.21 Å². The molecule has 0 atom stereocenters. The molecule has 0 N–H and O–H groups in total. The Kier molecular flexibility index (Phi) is 3.86. The number of hydrogen-bond acceptors (Lipinski definition) is 4. The van der Waals surface area contributed by atoms with Gasteiger partial charge in [-0.3, -0.25) is 4.79 Å². The number of rotatable bonds is 3. The number of likely N-dealkylation sites (tertiary alicyclic amines) is 1. The van der Waals surface area contributed by atoms with E-state index in [4.69, 9.17) is 4.42 Å². The predicted octanol–water partition coefficient (Wildman–Crippen LogP) is 3.02. The normalized spacial score (nSPS) is 15.6. The number of amides is 1. The summed E-state index contributed by atoms with van der Waals surface area (Å²) < 4.78 is 7.39. The van der Waals surface area contributed by atoms with Crippen molar-refractivity contribution in [2.45, 2.75) is 18.9 Å². The lowest BCUT2D eigenvalue weighted by atomic mass is 10.0. The van der Waals surface area contributed by atoms with Gasteiger partial charge in [-0.05, 0) is 24.5 Å². The fourth-order valence-electron chi connectivity index (χ4n) is 3.21. The molecule has 0 spiro atoms. The summed E-state index contributed by atoms with van der Waals surface area (Å²) in [6.45, 7) is 1.39. The first kappa shape index (κ1) is 14.7. The number of furan rings is 1. The van der Waals surface area contributed by atoms with Gasteiger partial charge in [0.25, 0.3) is 5.91 Å². The summed E-state index contributed by atoms with van der Waals surface area (Å²) in [7, 11) is 0. The molecule has 0 saturated carbocycles. The molecule has 0 radical (unpaired) electrons. The molecule has 1 aliphatic heterocycles. The molecule has 24 heavy (non-hydrogen) atoms. The molecule has 3 heterocycles. The lowest BCUT2D eigenvalue weighted by Crippen LogP contribution is -2.39. The van der Waals surface area contributed by atoms with Crippen LogP contribution in [0.25, 0.3) is 11.1 Å². The highest BCUT2D eigenvalue weighted by Crippen LogP contribution is 2.28. The minimum atomic E-state index is -0.0455. The summed E-state index contributed by atoms with van der Waals surface area (Å²) >= 11 is 0. The van der Waals surface area contributed by atoms with Gasteiger partial charge in [0.2, 0.25) is 0 Å². The summed E-state index contributed by atoms with van der Waals surface area (Å²) in [4.78, 5) is 14.7. The molecule has 0 aliphatic carbocycles. The van der Waals surface area contributed by atoms with Crippen LogP contribution < -0.4 is 0 Å². The van der Waals surface area contributed by atoms with Gasteiger partial charge < -0.3 is 9.32 Å². The third-order valence-electron chi connectivity index (χ3n) is 4.51. The van der Waals surface area contributed by atoms with Crippen molar-refractivity contribution in [3.05, 3.63) is 60.8 Å². The van der Waals surface area contributed by atoms with Crippen LogP contribution in [0.1, 0.15) is 29.4 Å². The van der Waals surface area contributed by atoms with Crippen molar-refractivity contribution in [2.75, 3.05) is 13.1 Å². The molecule has 6 heteroatoms. The zero-order valence-electron chi connectivity index (χ0n) is 13.2. The van der Waals surface area contributed by atoms with Crippen molar-refractivity contribution in [3.63, 3.8) is 0 Å².